The SMILES string of the molecule is CCc1nc2scc(-c3ccc(C(C)(C)C)cc3)c2c(=O)n1CCN(CC)CC. The topological polar surface area (TPSA) is 38.1 Å². The van der Waals surface area contributed by atoms with Gasteiger partial charge in [-0.1, -0.05) is 65.8 Å². The molecule has 0 atom stereocenters. The number of fused-ring (bicyclic) bond motifs is 1. The first kappa shape index (κ1) is 21.7. The first-order valence-electron chi connectivity index (χ1n) is 10.6. The van der Waals surface area contributed by atoms with Gasteiger partial charge < -0.3 is 4.90 Å². The summed E-state index contributed by atoms with van der Waals surface area (Å²) in [5, 5.41) is 2.84. The maximum atomic E-state index is 13.5. The summed E-state index contributed by atoms with van der Waals surface area (Å²) in [4.78, 5) is 21.5. The molecule has 3 rings (SSSR count). The zero-order valence-electron chi connectivity index (χ0n) is 18.6. The number of aromatic nitrogens is 2. The van der Waals surface area contributed by atoms with Crippen molar-refractivity contribution in [3.8, 4) is 11.1 Å². The number of rotatable bonds is 7. The second kappa shape index (κ2) is 8.80. The summed E-state index contributed by atoms with van der Waals surface area (Å²) in [6.45, 7) is 16.6. The highest BCUT2D eigenvalue weighted by Gasteiger charge is 2.18. The molecular formula is C24H33N3OS. The van der Waals surface area contributed by atoms with E-state index in [0.29, 0.717) is 6.54 Å². The van der Waals surface area contributed by atoms with Crippen LogP contribution in [-0.2, 0) is 18.4 Å². The molecule has 3 aromatic rings. The second-order valence-electron chi connectivity index (χ2n) is 8.52. The zero-order chi connectivity index (χ0) is 21.2. The third kappa shape index (κ3) is 4.46. The number of thiophene rings is 1. The van der Waals surface area contributed by atoms with Crippen LogP contribution in [0.3, 0.4) is 0 Å². The molecule has 0 radical (unpaired) electrons. The summed E-state index contributed by atoms with van der Waals surface area (Å²) in [7, 11) is 0. The molecule has 0 saturated heterocycles. The monoisotopic (exact) mass is 411 g/mol. The van der Waals surface area contributed by atoms with Crippen LogP contribution >= 0.6 is 11.3 Å². The molecule has 0 bridgehead atoms. The average molecular weight is 412 g/mol. The first-order chi connectivity index (χ1) is 13.8. The molecule has 4 nitrogen and oxygen atoms in total. The lowest BCUT2D eigenvalue weighted by molar-refractivity contribution is 0.287. The quantitative estimate of drug-likeness (QED) is 0.528. The van der Waals surface area contributed by atoms with E-state index in [-0.39, 0.29) is 11.0 Å². The van der Waals surface area contributed by atoms with E-state index in [0.717, 1.165) is 53.2 Å². The Morgan fingerprint density at radius 3 is 2.28 bits per heavy atom. The Balaban J connectivity index is 2.07. The Morgan fingerprint density at radius 2 is 1.72 bits per heavy atom. The Labute approximate surface area is 178 Å². The molecule has 0 aliphatic carbocycles. The van der Waals surface area contributed by atoms with Gasteiger partial charge in [0.1, 0.15) is 10.7 Å². The van der Waals surface area contributed by atoms with Crippen LogP contribution in [0.25, 0.3) is 21.3 Å². The molecule has 2 heterocycles. The van der Waals surface area contributed by atoms with Crippen LogP contribution in [0.15, 0.2) is 34.4 Å². The fraction of sp³-hybridized carbons (Fsp3) is 0.500. The first-order valence-corrected chi connectivity index (χ1v) is 11.5. The van der Waals surface area contributed by atoms with E-state index in [4.69, 9.17) is 4.98 Å². The summed E-state index contributed by atoms with van der Waals surface area (Å²) >= 11 is 1.57. The van der Waals surface area contributed by atoms with E-state index in [1.807, 2.05) is 4.57 Å². The van der Waals surface area contributed by atoms with Crippen molar-refractivity contribution in [2.75, 3.05) is 19.6 Å². The van der Waals surface area contributed by atoms with Gasteiger partial charge in [0.25, 0.3) is 5.56 Å². The highest BCUT2D eigenvalue weighted by Crippen LogP contribution is 2.32. The Bertz CT molecular complexity index is 1020. The van der Waals surface area contributed by atoms with Crippen molar-refractivity contribution in [1.82, 2.24) is 14.5 Å². The molecule has 0 unspecified atom stereocenters. The van der Waals surface area contributed by atoms with Crippen molar-refractivity contribution < 1.29 is 0 Å². The van der Waals surface area contributed by atoms with E-state index in [2.05, 4.69) is 76.1 Å². The van der Waals surface area contributed by atoms with E-state index >= 15 is 0 Å². The summed E-state index contributed by atoms with van der Waals surface area (Å²) < 4.78 is 1.89. The summed E-state index contributed by atoms with van der Waals surface area (Å²) in [6, 6.07) is 8.61. The van der Waals surface area contributed by atoms with E-state index in [1.54, 1.807) is 11.3 Å². The Kier molecular flexibility index (Phi) is 6.59. The lowest BCUT2D eigenvalue weighted by Gasteiger charge is -2.20. The van der Waals surface area contributed by atoms with Crippen molar-refractivity contribution in [3.05, 3.63) is 51.4 Å². The van der Waals surface area contributed by atoms with Crippen LogP contribution in [0, 0.1) is 0 Å². The molecule has 29 heavy (non-hydrogen) atoms. The predicted molar refractivity (Wildman–Crippen MR) is 125 cm³/mol. The Hall–Kier alpha value is -1.98. The minimum absolute atomic E-state index is 0.0927. The standard InChI is InChI=1S/C24H33N3OS/c1-7-20-25-22-21(23(28)27(20)15-14-26(8-2)9-3)19(16-29-22)17-10-12-18(13-11-17)24(4,5)6/h10-13,16H,7-9,14-15H2,1-6H3. The molecule has 0 aliphatic heterocycles. The summed E-state index contributed by atoms with van der Waals surface area (Å²) in [5.74, 6) is 0.881. The summed E-state index contributed by atoms with van der Waals surface area (Å²) in [6.07, 6.45) is 0.761. The molecule has 0 spiro atoms. The minimum Gasteiger partial charge on any atom is -0.302 e. The van der Waals surface area contributed by atoms with Crippen LogP contribution in [0.4, 0.5) is 0 Å². The maximum absolute atomic E-state index is 13.5. The Morgan fingerprint density at radius 1 is 1.07 bits per heavy atom. The van der Waals surface area contributed by atoms with Crippen molar-refractivity contribution in [3.63, 3.8) is 0 Å². The highest BCUT2D eigenvalue weighted by molar-refractivity contribution is 7.17. The van der Waals surface area contributed by atoms with Crippen LogP contribution in [-0.4, -0.2) is 34.1 Å². The number of benzene rings is 1. The van der Waals surface area contributed by atoms with Crippen molar-refractivity contribution in [1.29, 1.82) is 0 Å². The number of hydrogen-bond acceptors (Lipinski definition) is 4. The number of nitrogens with zero attached hydrogens (tertiary/aromatic N) is 3. The molecular weight excluding hydrogens is 378 g/mol. The smallest absolute Gasteiger partial charge is 0.262 e. The normalized spacial score (nSPS) is 12.2. The molecule has 2 aromatic heterocycles. The van der Waals surface area contributed by atoms with Crippen LogP contribution in [0.5, 0.6) is 0 Å². The van der Waals surface area contributed by atoms with Gasteiger partial charge in [-0.25, -0.2) is 4.98 Å². The number of aryl methyl sites for hydroxylation is 1. The fourth-order valence-electron chi connectivity index (χ4n) is 3.71. The lowest BCUT2D eigenvalue weighted by atomic mass is 9.86. The average Bonchev–Trinajstić information content (AvgIpc) is 3.13. The second-order valence-corrected chi connectivity index (χ2v) is 9.38. The lowest BCUT2D eigenvalue weighted by Crippen LogP contribution is -2.33. The molecule has 0 saturated carbocycles. The largest absolute Gasteiger partial charge is 0.302 e. The van der Waals surface area contributed by atoms with Crippen LogP contribution < -0.4 is 5.56 Å². The number of likely N-dealkylation sites (N-methyl/N-ethyl adjacent to an activating group) is 1. The van der Waals surface area contributed by atoms with Crippen molar-refractivity contribution in [2.24, 2.45) is 0 Å². The maximum Gasteiger partial charge on any atom is 0.262 e. The summed E-state index contributed by atoms with van der Waals surface area (Å²) in [5.41, 5.74) is 3.59. The van der Waals surface area contributed by atoms with E-state index in [9.17, 15) is 4.79 Å². The van der Waals surface area contributed by atoms with E-state index < -0.39 is 0 Å². The zero-order valence-corrected chi connectivity index (χ0v) is 19.4. The minimum atomic E-state index is 0.0927. The van der Waals surface area contributed by atoms with E-state index in [1.165, 1.54) is 5.56 Å². The van der Waals surface area contributed by atoms with Gasteiger partial charge in [-0.15, -0.1) is 11.3 Å². The fourth-order valence-corrected chi connectivity index (χ4v) is 4.67. The van der Waals surface area contributed by atoms with Gasteiger partial charge in [0.05, 0.1) is 5.39 Å². The van der Waals surface area contributed by atoms with Gasteiger partial charge in [0.15, 0.2) is 0 Å². The highest BCUT2D eigenvalue weighted by atomic mass is 32.1. The van der Waals surface area contributed by atoms with Gasteiger partial charge in [0, 0.05) is 30.5 Å². The molecule has 0 N–H and O–H groups in total. The molecule has 5 heteroatoms. The van der Waals surface area contributed by atoms with Gasteiger partial charge >= 0.3 is 0 Å². The van der Waals surface area contributed by atoms with Crippen molar-refractivity contribution >= 4 is 21.6 Å². The molecule has 0 amide bonds. The third-order valence-corrected chi connectivity index (χ3v) is 6.56. The molecule has 0 aliphatic rings. The predicted octanol–water partition coefficient (Wildman–Crippen LogP) is 5.33. The van der Waals surface area contributed by atoms with Crippen molar-refractivity contribution in [2.45, 2.75) is 59.9 Å². The molecule has 0 fully saturated rings. The third-order valence-electron chi connectivity index (χ3n) is 5.69. The molecule has 156 valence electrons. The van der Waals surface area contributed by atoms with Gasteiger partial charge in [-0.05, 0) is 29.6 Å². The van der Waals surface area contributed by atoms with Gasteiger partial charge in [0.2, 0.25) is 0 Å². The van der Waals surface area contributed by atoms with Gasteiger partial charge in [-0.2, -0.15) is 0 Å². The van der Waals surface area contributed by atoms with Crippen LogP contribution in [0.2, 0.25) is 0 Å². The van der Waals surface area contributed by atoms with Gasteiger partial charge in [-0.3, -0.25) is 9.36 Å². The molecule has 1 aromatic carbocycles. The number of hydrogen-bond donors (Lipinski definition) is 0. The van der Waals surface area contributed by atoms with Crippen LogP contribution in [0.1, 0.15) is 52.9 Å².